The Hall–Kier alpha value is -0.840. The fourth-order valence-corrected chi connectivity index (χ4v) is 3.06. The SMILES string of the molecule is CC1C(C#N)C(=O)[C@H]2CCCC[C@H]12. The van der Waals surface area contributed by atoms with Crippen LogP contribution in [0.15, 0.2) is 0 Å². The molecule has 4 atom stereocenters. The molecule has 0 heterocycles. The van der Waals surface area contributed by atoms with Gasteiger partial charge in [-0.25, -0.2) is 0 Å². The largest absolute Gasteiger partial charge is 0.298 e. The maximum absolute atomic E-state index is 11.8. The number of nitrogens with zero attached hydrogens (tertiary/aromatic N) is 1. The Morgan fingerprint density at radius 2 is 2.08 bits per heavy atom. The van der Waals surface area contributed by atoms with Crippen molar-refractivity contribution in [1.29, 1.82) is 5.26 Å². The number of ketones is 1. The van der Waals surface area contributed by atoms with Crippen LogP contribution in [0.25, 0.3) is 0 Å². The van der Waals surface area contributed by atoms with E-state index in [2.05, 4.69) is 13.0 Å². The van der Waals surface area contributed by atoms with E-state index >= 15 is 0 Å². The standard InChI is InChI=1S/C11H15NO/c1-7-8-4-2-3-5-9(8)11(13)10(7)6-12/h7-10H,2-5H2,1H3/t7?,8-,9+,10?/m1/s1. The molecule has 0 aromatic heterocycles. The van der Waals surface area contributed by atoms with Gasteiger partial charge in [-0.05, 0) is 24.7 Å². The van der Waals surface area contributed by atoms with Gasteiger partial charge in [0.25, 0.3) is 0 Å². The van der Waals surface area contributed by atoms with Gasteiger partial charge in [-0.2, -0.15) is 5.26 Å². The molecule has 0 radical (unpaired) electrons. The normalized spacial score (nSPS) is 44.2. The van der Waals surface area contributed by atoms with Crippen LogP contribution in [0.5, 0.6) is 0 Å². The predicted octanol–water partition coefficient (Wildman–Crippen LogP) is 2.15. The second-order valence-corrected chi connectivity index (χ2v) is 4.42. The summed E-state index contributed by atoms with van der Waals surface area (Å²) in [6, 6.07) is 2.17. The molecule has 0 N–H and O–H groups in total. The summed E-state index contributed by atoms with van der Waals surface area (Å²) < 4.78 is 0. The van der Waals surface area contributed by atoms with E-state index in [1.165, 1.54) is 12.8 Å². The summed E-state index contributed by atoms with van der Waals surface area (Å²) in [5.74, 6) is 0.995. The monoisotopic (exact) mass is 177 g/mol. The summed E-state index contributed by atoms with van der Waals surface area (Å²) in [5.41, 5.74) is 0. The van der Waals surface area contributed by atoms with Gasteiger partial charge in [0.1, 0.15) is 5.92 Å². The van der Waals surface area contributed by atoms with Crippen LogP contribution in [-0.2, 0) is 4.79 Å². The third kappa shape index (κ3) is 1.18. The maximum Gasteiger partial charge on any atom is 0.153 e. The Morgan fingerprint density at radius 1 is 1.38 bits per heavy atom. The molecule has 2 saturated carbocycles. The second kappa shape index (κ2) is 3.14. The molecule has 0 aromatic rings. The first-order valence-electron chi connectivity index (χ1n) is 5.19. The summed E-state index contributed by atoms with van der Waals surface area (Å²) in [7, 11) is 0. The summed E-state index contributed by atoms with van der Waals surface area (Å²) >= 11 is 0. The third-order valence-corrected chi connectivity index (χ3v) is 3.83. The van der Waals surface area contributed by atoms with Crippen molar-refractivity contribution in [3.63, 3.8) is 0 Å². The minimum atomic E-state index is -0.298. The molecule has 0 saturated heterocycles. The Morgan fingerprint density at radius 3 is 2.69 bits per heavy atom. The number of carbonyl (C=O) groups excluding carboxylic acids is 1. The van der Waals surface area contributed by atoms with E-state index in [1.54, 1.807) is 0 Å². The number of hydrogen-bond acceptors (Lipinski definition) is 2. The highest BCUT2D eigenvalue weighted by atomic mass is 16.1. The summed E-state index contributed by atoms with van der Waals surface area (Å²) in [4.78, 5) is 11.8. The average molecular weight is 177 g/mol. The van der Waals surface area contributed by atoms with Crippen LogP contribution >= 0.6 is 0 Å². The predicted molar refractivity (Wildman–Crippen MR) is 48.7 cm³/mol. The lowest BCUT2D eigenvalue weighted by molar-refractivity contribution is -0.123. The molecule has 0 spiro atoms. The molecule has 0 aromatic carbocycles. The third-order valence-electron chi connectivity index (χ3n) is 3.83. The quantitative estimate of drug-likeness (QED) is 0.569. The molecule has 70 valence electrons. The van der Waals surface area contributed by atoms with E-state index in [4.69, 9.17) is 5.26 Å². The van der Waals surface area contributed by atoms with Crippen LogP contribution in [0.1, 0.15) is 32.6 Å². The topological polar surface area (TPSA) is 40.9 Å². The molecule has 2 fully saturated rings. The van der Waals surface area contributed by atoms with E-state index in [-0.39, 0.29) is 17.6 Å². The van der Waals surface area contributed by atoms with Gasteiger partial charge in [0.05, 0.1) is 6.07 Å². The molecule has 2 nitrogen and oxygen atoms in total. The second-order valence-electron chi connectivity index (χ2n) is 4.42. The Bertz CT molecular complexity index is 266. The molecular formula is C11H15NO. The molecule has 2 heteroatoms. The van der Waals surface area contributed by atoms with Crippen LogP contribution in [0, 0.1) is 35.0 Å². The number of Topliss-reactive ketones (excluding diaryl/α,β-unsaturated/α-hetero) is 1. The van der Waals surface area contributed by atoms with Crippen molar-refractivity contribution in [1.82, 2.24) is 0 Å². The molecule has 0 bridgehead atoms. The summed E-state index contributed by atoms with van der Waals surface area (Å²) in [6.07, 6.45) is 4.62. The zero-order valence-electron chi connectivity index (χ0n) is 7.99. The molecule has 0 amide bonds. The van der Waals surface area contributed by atoms with E-state index in [0.29, 0.717) is 11.8 Å². The van der Waals surface area contributed by atoms with Crippen LogP contribution in [0.2, 0.25) is 0 Å². The molecule has 2 aliphatic carbocycles. The molecule has 0 aliphatic heterocycles. The average Bonchev–Trinajstić information content (AvgIpc) is 2.41. The van der Waals surface area contributed by atoms with Gasteiger partial charge in [0.15, 0.2) is 5.78 Å². The number of nitriles is 1. The number of fused-ring (bicyclic) bond motifs is 1. The Balaban J connectivity index is 2.23. The van der Waals surface area contributed by atoms with Crippen molar-refractivity contribution >= 4 is 5.78 Å². The minimum absolute atomic E-state index is 0.230. The Labute approximate surface area is 78.9 Å². The van der Waals surface area contributed by atoms with Crippen LogP contribution in [-0.4, -0.2) is 5.78 Å². The van der Waals surface area contributed by atoms with Gasteiger partial charge in [-0.15, -0.1) is 0 Å². The van der Waals surface area contributed by atoms with Gasteiger partial charge in [-0.1, -0.05) is 19.8 Å². The van der Waals surface area contributed by atoms with Gasteiger partial charge >= 0.3 is 0 Å². The van der Waals surface area contributed by atoms with Crippen molar-refractivity contribution in [2.45, 2.75) is 32.6 Å². The first-order valence-corrected chi connectivity index (χ1v) is 5.19. The summed E-state index contributed by atoms with van der Waals surface area (Å²) in [6.45, 7) is 2.07. The van der Waals surface area contributed by atoms with Crippen molar-refractivity contribution in [3.05, 3.63) is 0 Å². The fraction of sp³-hybridized carbons (Fsp3) is 0.818. The zero-order chi connectivity index (χ0) is 9.42. The van der Waals surface area contributed by atoms with Crippen LogP contribution in [0.3, 0.4) is 0 Å². The molecule has 13 heavy (non-hydrogen) atoms. The van der Waals surface area contributed by atoms with Gasteiger partial charge in [0, 0.05) is 5.92 Å². The Kier molecular flexibility index (Phi) is 2.11. The van der Waals surface area contributed by atoms with Crippen molar-refractivity contribution < 1.29 is 4.79 Å². The highest BCUT2D eigenvalue weighted by Crippen LogP contribution is 2.46. The van der Waals surface area contributed by atoms with Gasteiger partial charge in [-0.3, -0.25) is 4.79 Å². The maximum atomic E-state index is 11.8. The van der Waals surface area contributed by atoms with E-state index in [1.807, 2.05) is 0 Å². The fourth-order valence-electron chi connectivity index (χ4n) is 3.06. The zero-order valence-corrected chi connectivity index (χ0v) is 7.99. The summed E-state index contributed by atoms with van der Waals surface area (Å²) in [5, 5.41) is 8.88. The number of carbonyl (C=O) groups is 1. The first-order chi connectivity index (χ1) is 6.25. The lowest BCUT2D eigenvalue weighted by atomic mass is 9.78. The van der Waals surface area contributed by atoms with Crippen molar-refractivity contribution in [2.24, 2.45) is 23.7 Å². The minimum Gasteiger partial charge on any atom is -0.298 e. The van der Waals surface area contributed by atoms with E-state index in [9.17, 15) is 4.79 Å². The van der Waals surface area contributed by atoms with Crippen LogP contribution in [0.4, 0.5) is 0 Å². The van der Waals surface area contributed by atoms with Crippen LogP contribution < -0.4 is 0 Å². The van der Waals surface area contributed by atoms with Gasteiger partial charge < -0.3 is 0 Å². The number of hydrogen-bond donors (Lipinski definition) is 0. The molecule has 2 aliphatic rings. The first kappa shape index (κ1) is 8.74. The van der Waals surface area contributed by atoms with Gasteiger partial charge in [0.2, 0.25) is 0 Å². The highest BCUT2D eigenvalue weighted by molar-refractivity contribution is 5.88. The van der Waals surface area contributed by atoms with Crippen molar-refractivity contribution in [3.8, 4) is 6.07 Å². The molecule has 2 rings (SSSR count). The van der Waals surface area contributed by atoms with E-state index in [0.717, 1.165) is 12.8 Å². The van der Waals surface area contributed by atoms with E-state index < -0.39 is 0 Å². The van der Waals surface area contributed by atoms with Crippen molar-refractivity contribution in [2.75, 3.05) is 0 Å². The highest BCUT2D eigenvalue weighted by Gasteiger charge is 2.48. The molecule has 2 unspecified atom stereocenters. The smallest absolute Gasteiger partial charge is 0.153 e. The lowest BCUT2D eigenvalue weighted by Crippen LogP contribution is -2.20. The molecular weight excluding hydrogens is 162 g/mol. The lowest BCUT2D eigenvalue weighted by Gasteiger charge is -2.25. The number of rotatable bonds is 0.